The summed E-state index contributed by atoms with van der Waals surface area (Å²) in [5.74, 6) is 1.22. The SMILES string of the molecule is COc1cc(C)ccc1OCC(=O)Nc1nc2ccccc2[nH]1. The zero-order chi connectivity index (χ0) is 16.2. The number of aromatic amines is 1. The number of carbonyl (C=O) groups excluding carboxylic acids is 1. The van der Waals surface area contributed by atoms with Crippen LogP contribution >= 0.6 is 0 Å². The van der Waals surface area contributed by atoms with Gasteiger partial charge in [-0.05, 0) is 36.8 Å². The van der Waals surface area contributed by atoms with Crippen LogP contribution in [0.25, 0.3) is 11.0 Å². The highest BCUT2D eigenvalue weighted by Crippen LogP contribution is 2.27. The number of carbonyl (C=O) groups is 1. The van der Waals surface area contributed by atoms with Crippen LogP contribution in [0, 0.1) is 6.92 Å². The first-order valence-electron chi connectivity index (χ1n) is 7.18. The van der Waals surface area contributed by atoms with Gasteiger partial charge in [-0.2, -0.15) is 0 Å². The average Bonchev–Trinajstić information content (AvgIpc) is 2.95. The van der Waals surface area contributed by atoms with Crippen molar-refractivity contribution in [2.45, 2.75) is 6.92 Å². The minimum absolute atomic E-state index is 0.129. The number of ether oxygens (including phenoxy) is 2. The molecule has 6 heteroatoms. The predicted molar refractivity (Wildman–Crippen MR) is 87.9 cm³/mol. The van der Waals surface area contributed by atoms with Crippen molar-refractivity contribution in [3.63, 3.8) is 0 Å². The van der Waals surface area contributed by atoms with E-state index in [2.05, 4.69) is 15.3 Å². The zero-order valence-corrected chi connectivity index (χ0v) is 12.9. The van der Waals surface area contributed by atoms with Gasteiger partial charge in [-0.1, -0.05) is 18.2 Å². The summed E-state index contributed by atoms with van der Waals surface area (Å²) < 4.78 is 10.8. The average molecular weight is 311 g/mol. The third-order valence-electron chi connectivity index (χ3n) is 3.33. The van der Waals surface area contributed by atoms with Crippen LogP contribution in [0.5, 0.6) is 11.5 Å². The van der Waals surface area contributed by atoms with Crippen LogP contribution in [0.4, 0.5) is 5.95 Å². The maximum atomic E-state index is 12.0. The van der Waals surface area contributed by atoms with E-state index in [0.717, 1.165) is 16.6 Å². The summed E-state index contributed by atoms with van der Waals surface area (Å²) in [5, 5.41) is 2.68. The van der Waals surface area contributed by atoms with Crippen molar-refractivity contribution in [1.29, 1.82) is 0 Å². The van der Waals surface area contributed by atoms with Gasteiger partial charge in [0.2, 0.25) is 5.95 Å². The number of rotatable bonds is 5. The minimum atomic E-state index is -0.299. The molecule has 1 heterocycles. The number of imidazole rings is 1. The lowest BCUT2D eigenvalue weighted by Gasteiger charge is -2.10. The maximum absolute atomic E-state index is 12.0. The number of hydrogen-bond acceptors (Lipinski definition) is 4. The molecule has 0 fully saturated rings. The molecular weight excluding hydrogens is 294 g/mol. The number of anilines is 1. The third kappa shape index (κ3) is 3.42. The second-order valence-electron chi connectivity index (χ2n) is 5.09. The molecule has 0 radical (unpaired) electrons. The van der Waals surface area contributed by atoms with Crippen LogP contribution in [0.15, 0.2) is 42.5 Å². The van der Waals surface area contributed by atoms with Crippen LogP contribution in [0.1, 0.15) is 5.56 Å². The van der Waals surface area contributed by atoms with Crippen molar-refractivity contribution in [1.82, 2.24) is 9.97 Å². The minimum Gasteiger partial charge on any atom is -0.493 e. The molecule has 0 atom stereocenters. The van der Waals surface area contributed by atoms with Gasteiger partial charge in [-0.15, -0.1) is 0 Å². The summed E-state index contributed by atoms with van der Waals surface area (Å²) in [6.45, 7) is 1.83. The van der Waals surface area contributed by atoms with Gasteiger partial charge in [0.25, 0.3) is 5.91 Å². The van der Waals surface area contributed by atoms with Crippen molar-refractivity contribution < 1.29 is 14.3 Å². The number of methoxy groups -OCH3 is 1. The smallest absolute Gasteiger partial charge is 0.264 e. The van der Waals surface area contributed by atoms with E-state index in [1.807, 2.05) is 43.3 Å². The lowest BCUT2D eigenvalue weighted by Crippen LogP contribution is -2.21. The van der Waals surface area contributed by atoms with E-state index in [-0.39, 0.29) is 12.5 Å². The number of hydrogen-bond donors (Lipinski definition) is 2. The standard InChI is InChI=1S/C17H17N3O3/c1-11-7-8-14(15(9-11)22-2)23-10-16(21)20-17-18-12-5-3-4-6-13(12)19-17/h3-9H,10H2,1-2H3,(H2,18,19,20,21). The monoisotopic (exact) mass is 311 g/mol. The van der Waals surface area contributed by atoms with Gasteiger partial charge in [0.15, 0.2) is 18.1 Å². The lowest BCUT2D eigenvalue weighted by atomic mass is 10.2. The first-order valence-corrected chi connectivity index (χ1v) is 7.18. The Morgan fingerprint density at radius 3 is 2.83 bits per heavy atom. The second-order valence-corrected chi connectivity index (χ2v) is 5.09. The fourth-order valence-electron chi connectivity index (χ4n) is 2.22. The molecule has 0 aliphatic heterocycles. The molecule has 3 aromatic rings. The molecule has 23 heavy (non-hydrogen) atoms. The van der Waals surface area contributed by atoms with Crippen LogP contribution in [-0.2, 0) is 4.79 Å². The van der Waals surface area contributed by atoms with E-state index in [9.17, 15) is 4.79 Å². The molecule has 3 rings (SSSR count). The molecule has 0 saturated heterocycles. The molecular formula is C17H17N3O3. The van der Waals surface area contributed by atoms with Gasteiger partial charge in [0.05, 0.1) is 18.1 Å². The number of fused-ring (bicyclic) bond motifs is 1. The molecule has 0 saturated carbocycles. The quantitative estimate of drug-likeness (QED) is 0.759. The van der Waals surface area contributed by atoms with Crippen LogP contribution < -0.4 is 14.8 Å². The van der Waals surface area contributed by atoms with Crippen LogP contribution in [-0.4, -0.2) is 29.6 Å². The van der Waals surface area contributed by atoms with E-state index in [1.165, 1.54) is 0 Å². The van der Waals surface area contributed by atoms with E-state index >= 15 is 0 Å². The highest BCUT2D eigenvalue weighted by atomic mass is 16.5. The predicted octanol–water partition coefficient (Wildman–Crippen LogP) is 2.90. The molecule has 1 amide bonds. The molecule has 0 unspecified atom stereocenters. The second kappa shape index (κ2) is 6.39. The number of benzene rings is 2. The molecule has 0 spiro atoms. The fraction of sp³-hybridized carbons (Fsp3) is 0.176. The van der Waals surface area contributed by atoms with E-state index in [4.69, 9.17) is 9.47 Å². The Morgan fingerprint density at radius 1 is 1.22 bits per heavy atom. The van der Waals surface area contributed by atoms with Gasteiger partial charge in [-0.25, -0.2) is 4.98 Å². The summed E-state index contributed by atoms with van der Waals surface area (Å²) in [5.41, 5.74) is 2.72. The summed E-state index contributed by atoms with van der Waals surface area (Å²) >= 11 is 0. The van der Waals surface area contributed by atoms with Crippen molar-refractivity contribution >= 4 is 22.9 Å². The number of para-hydroxylation sites is 2. The molecule has 0 bridgehead atoms. The summed E-state index contributed by atoms with van der Waals surface area (Å²) in [4.78, 5) is 19.3. The van der Waals surface area contributed by atoms with Crippen molar-refractivity contribution in [2.24, 2.45) is 0 Å². The van der Waals surface area contributed by atoms with Gasteiger partial charge in [-0.3, -0.25) is 10.1 Å². The number of amides is 1. The molecule has 118 valence electrons. The molecule has 2 N–H and O–H groups in total. The third-order valence-corrected chi connectivity index (χ3v) is 3.33. The van der Waals surface area contributed by atoms with Crippen LogP contribution in [0.3, 0.4) is 0 Å². The van der Waals surface area contributed by atoms with E-state index in [0.29, 0.717) is 17.4 Å². The Balaban J connectivity index is 1.63. The number of nitrogens with one attached hydrogen (secondary N) is 2. The van der Waals surface area contributed by atoms with Crippen molar-refractivity contribution in [3.8, 4) is 11.5 Å². The topological polar surface area (TPSA) is 76.2 Å². The Kier molecular flexibility index (Phi) is 4.14. The number of H-pyrrole nitrogens is 1. The number of aryl methyl sites for hydroxylation is 1. The van der Waals surface area contributed by atoms with Gasteiger partial charge in [0, 0.05) is 0 Å². The van der Waals surface area contributed by atoms with Gasteiger partial charge in [0.1, 0.15) is 0 Å². The molecule has 1 aromatic heterocycles. The normalized spacial score (nSPS) is 10.5. The largest absolute Gasteiger partial charge is 0.493 e. The molecule has 0 aliphatic rings. The highest BCUT2D eigenvalue weighted by Gasteiger charge is 2.10. The number of aromatic nitrogens is 2. The summed E-state index contributed by atoms with van der Waals surface area (Å²) in [7, 11) is 1.57. The van der Waals surface area contributed by atoms with Gasteiger partial charge >= 0.3 is 0 Å². The van der Waals surface area contributed by atoms with Gasteiger partial charge < -0.3 is 14.5 Å². The van der Waals surface area contributed by atoms with Crippen molar-refractivity contribution in [2.75, 3.05) is 19.0 Å². The Bertz CT molecular complexity index is 809. The maximum Gasteiger partial charge on any atom is 0.264 e. The van der Waals surface area contributed by atoms with Crippen LogP contribution in [0.2, 0.25) is 0 Å². The summed E-state index contributed by atoms with van der Waals surface area (Å²) in [6.07, 6.45) is 0. The van der Waals surface area contributed by atoms with E-state index < -0.39 is 0 Å². The Labute approximate surface area is 133 Å². The zero-order valence-electron chi connectivity index (χ0n) is 12.9. The Morgan fingerprint density at radius 2 is 2.04 bits per heavy atom. The first-order chi connectivity index (χ1) is 11.2. The Hall–Kier alpha value is -3.02. The number of nitrogens with zero attached hydrogens (tertiary/aromatic N) is 1. The summed E-state index contributed by atoms with van der Waals surface area (Å²) in [6, 6.07) is 13.1. The van der Waals surface area contributed by atoms with Crippen molar-refractivity contribution in [3.05, 3.63) is 48.0 Å². The first kappa shape index (κ1) is 14.9. The van der Waals surface area contributed by atoms with E-state index in [1.54, 1.807) is 13.2 Å². The fourth-order valence-corrected chi connectivity index (χ4v) is 2.22. The molecule has 2 aromatic carbocycles. The molecule has 0 aliphatic carbocycles. The molecule has 6 nitrogen and oxygen atoms in total. The lowest BCUT2D eigenvalue weighted by molar-refractivity contribution is -0.118. The highest BCUT2D eigenvalue weighted by molar-refractivity contribution is 5.92.